The fraction of sp³-hybridized carbons (Fsp3) is 0.556. The van der Waals surface area contributed by atoms with E-state index in [9.17, 15) is 4.79 Å². The Morgan fingerprint density at radius 2 is 2.03 bits per heavy atom. The van der Waals surface area contributed by atoms with Gasteiger partial charge in [0.2, 0.25) is 0 Å². The molecule has 1 aromatic heterocycles. The third-order valence-electron chi connectivity index (χ3n) is 7.42. The molecule has 1 aliphatic heterocycles. The van der Waals surface area contributed by atoms with Crippen LogP contribution in [0, 0.1) is 0 Å². The van der Waals surface area contributed by atoms with Gasteiger partial charge < -0.3 is 15.0 Å². The van der Waals surface area contributed by atoms with Gasteiger partial charge in [0.1, 0.15) is 11.4 Å². The van der Waals surface area contributed by atoms with E-state index in [0.717, 1.165) is 68.9 Å². The monoisotopic (exact) mass is 463 g/mol. The van der Waals surface area contributed by atoms with Crippen molar-refractivity contribution in [1.29, 1.82) is 0 Å². The molecule has 0 radical (unpaired) electrons. The lowest BCUT2D eigenvalue weighted by Gasteiger charge is -2.29. The van der Waals surface area contributed by atoms with E-state index in [4.69, 9.17) is 9.84 Å². The Kier molecular flexibility index (Phi) is 6.90. The van der Waals surface area contributed by atoms with Crippen LogP contribution in [0.1, 0.15) is 61.9 Å². The maximum Gasteiger partial charge on any atom is 0.318 e. The van der Waals surface area contributed by atoms with Crippen molar-refractivity contribution < 1.29 is 9.53 Å². The van der Waals surface area contributed by atoms with Crippen molar-refractivity contribution in [3.63, 3.8) is 0 Å². The first kappa shape index (κ1) is 23.0. The van der Waals surface area contributed by atoms with Gasteiger partial charge in [-0.2, -0.15) is 5.10 Å². The van der Waals surface area contributed by atoms with Crippen LogP contribution in [0.4, 0.5) is 4.79 Å². The SMILES string of the molecule is C=CCN1CCc2c(c(CN(C(=O)NC3CCCCC3)C3CC3)nn2-c2ccccc2OC)C1. The summed E-state index contributed by atoms with van der Waals surface area (Å²) in [4.78, 5) is 17.8. The van der Waals surface area contributed by atoms with Gasteiger partial charge in [-0.05, 0) is 37.8 Å². The molecule has 182 valence electrons. The van der Waals surface area contributed by atoms with Gasteiger partial charge in [0.15, 0.2) is 0 Å². The number of methoxy groups -OCH3 is 1. The number of para-hydroxylation sites is 2. The number of nitrogens with one attached hydrogen (secondary N) is 1. The van der Waals surface area contributed by atoms with Gasteiger partial charge in [0, 0.05) is 43.7 Å². The molecule has 2 saturated carbocycles. The second kappa shape index (κ2) is 10.2. The summed E-state index contributed by atoms with van der Waals surface area (Å²) in [5.41, 5.74) is 4.42. The molecule has 5 rings (SSSR count). The molecule has 2 fully saturated rings. The number of ether oxygens (including phenoxy) is 1. The van der Waals surface area contributed by atoms with Crippen molar-refractivity contribution in [2.45, 2.75) is 76.5 Å². The van der Waals surface area contributed by atoms with Crippen LogP contribution in [0.5, 0.6) is 5.75 Å². The van der Waals surface area contributed by atoms with Gasteiger partial charge in [0.25, 0.3) is 0 Å². The molecule has 2 heterocycles. The van der Waals surface area contributed by atoms with Crippen LogP contribution in [0.2, 0.25) is 0 Å². The van der Waals surface area contributed by atoms with Crippen LogP contribution in [0.15, 0.2) is 36.9 Å². The molecule has 0 bridgehead atoms. The smallest absolute Gasteiger partial charge is 0.318 e. The molecular weight excluding hydrogens is 426 g/mol. The lowest BCUT2D eigenvalue weighted by atomic mass is 9.96. The molecule has 0 spiro atoms. The number of fused-ring (bicyclic) bond motifs is 1. The van der Waals surface area contributed by atoms with Gasteiger partial charge in [-0.15, -0.1) is 6.58 Å². The maximum absolute atomic E-state index is 13.3. The third kappa shape index (κ3) is 4.85. The van der Waals surface area contributed by atoms with Crippen molar-refractivity contribution in [1.82, 2.24) is 24.9 Å². The van der Waals surface area contributed by atoms with Gasteiger partial charge in [0.05, 0.1) is 25.0 Å². The van der Waals surface area contributed by atoms with E-state index in [1.807, 2.05) is 29.2 Å². The molecule has 0 atom stereocenters. The highest BCUT2D eigenvalue weighted by molar-refractivity contribution is 5.75. The normalized spacial score (nSPS) is 18.9. The molecule has 0 unspecified atom stereocenters. The Hall–Kier alpha value is -2.80. The summed E-state index contributed by atoms with van der Waals surface area (Å²) in [5, 5.41) is 8.44. The maximum atomic E-state index is 13.3. The number of hydrogen-bond donors (Lipinski definition) is 1. The van der Waals surface area contributed by atoms with Crippen molar-refractivity contribution in [3.8, 4) is 11.4 Å². The summed E-state index contributed by atoms with van der Waals surface area (Å²) in [7, 11) is 1.70. The Balaban J connectivity index is 1.45. The predicted molar refractivity (Wildman–Crippen MR) is 133 cm³/mol. The van der Waals surface area contributed by atoms with Crippen molar-refractivity contribution in [2.75, 3.05) is 20.2 Å². The second-order valence-corrected chi connectivity index (χ2v) is 9.87. The summed E-state index contributed by atoms with van der Waals surface area (Å²) < 4.78 is 7.71. The zero-order valence-electron chi connectivity index (χ0n) is 20.3. The quantitative estimate of drug-likeness (QED) is 0.588. The fourth-order valence-corrected chi connectivity index (χ4v) is 5.43. The topological polar surface area (TPSA) is 62.6 Å². The van der Waals surface area contributed by atoms with Gasteiger partial charge in [-0.25, -0.2) is 9.48 Å². The Morgan fingerprint density at radius 3 is 2.76 bits per heavy atom. The Bertz CT molecular complexity index is 1020. The van der Waals surface area contributed by atoms with E-state index in [2.05, 4.69) is 27.5 Å². The number of amides is 2. The van der Waals surface area contributed by atoms with E-state index in [1.165, 1.54) is 30.5 Å². The van der Waals surface area contributed by atoms with E-state index >= 15 is 0 Å². The van der Waals surface area contributed by atoms with E-state index in [-0.39, 0.29) is 6.03 Å². The van der Waals surface area contributed by atoms with E-state index in [0.29, 0.717) is 18.6 Å². The highest BCUT2D eigenvalue weighted by atomic mass is 16.5. The van der Waals surface area contributed by atoms with Gasteiger partial charge in [-0.3, -0.25) is 4.90 Å². The number of hydrogen-bond acceptors (Lipinski definition) is 4. The molecule has 3 aliphatic rings. The zero-order chi connectivity index (χ0) is 23.5. The number of carbonyl (C=O) groups is 1. The highest BCUT2D eigenvalue weighted by Crippen LogP contribution is 2.33. The number of nitrogens with zero attached hydrogens (tertiary/aromatic N) is 4. The number of benzene rings is 1. The van der Waals surface area contributed by atoms with Crippen molar-refractivity contribution in [3.05, 3.63) is 53.9 Å². The van der Waals surface area contributed by atoms with E-state index < -0.39 is 0 Å². The molecule has 2 amide bonds. The molecule has 7 heteroatoms. The first-order valence-electron chi connectivity index (χ1n) is 12.8. The van der Waals surface area contributed by atoms with Crippen LogP contribution in [-0.2, 0) is 19.5 Å². The van der Waals surface area contributed by atoms with Crippen LogP contribution in [-0.4, -0.2) is 57.9 Å². The second-order valence-electron chi connectivity index (χ2n) is 9.87. The molecule has 2 aromatic rings. The fourth-order valence-electron chi connectivity index (χ4n) is 5.43. The van der Waals surface area contributed by atoms with Gasteiger partial charge in [-0.1, -0.05) is 37.5 Å². The summed E-state index contributed by atoms with van der Waals surface area (Å²) in [6, 6.07) is 8.75. The number of rotatable bonds is 8. The summed E-state index contributed by atoms with van der Waals surface area (Å²) >= 11 is 0. The average Bonchev–Trinajstić information content (AvgIpc) is 3.65. The van der Waals surface area contributed by atoms with Crippen LogP contribution in [0.3, 0.4) is 0 Å². The zero-order valence-corrected chi connectivity index (χ0v) is 20.3. The molecule has 34 heavy (non-hydrogen) atoms. The molecule has 1 aromatic carbocycles. The molecule has 0 saturated heterocycles. The third-order valence-corrected chi connectivity index (χ3v) is 7.42. The lowest BCUT2D eigenvalue weighted by Crippen LogP contribution is -2.46. The van der Waals surface area contributed by atoms with Crippen molar-refractivity contribution >= 4 is 6.03 Å². The first-order valence-corrected chi connectivity index (χ1v) is 12.8. The van der Waals surface area contributed by atoms with Gasteiger partial charge >= 0.3 is 6.03 Å². The largest absolute Gasteiger partial charge is 0.494 e. The van der Waals surface area contributed by atoms with E-state index in [1.54, 1.807) is 7.11 Å². The molecule has 2 aliphatic carbocycles. The number of urea groups is 1. The highest BCUT2D eigenvalue weighted by Gasteiger charge is 2.36. The Labute approximate surface area is 202 Å². The Morgan fingerprint density at radius 1 is 1.24 bits per heavy atom. The minimum Gasteiger partial charge on any atom is -0.494 e. The molecular formula is C27H37N5O2. The first-order chi connectivity index (χ1) is 16.7. The summed E-state index contributed by atoms with van der Waals surface area (Å²) in [6.45, 7) is 7.13. The average molecular weight is 464 g/mol. The molecule has 7 nitrogen and oxygen atoms in total. The molecule has 1 N–H and O–H groups in total. The standard InChI is InChI=1S/C27H37N5O2/c1-3-16-30-17-15-24-22(18-30)23(29-32(24)25-11-7-8-12-26(25)34-2)19-31(21-13-14-21)27(33)28-20-9-5-4-6-10-20/h3,7-8,11-12,20-21H,1,4-6,9-10,13-19H2,2H3,(H,28,33). The van der Waals surface area contributed by atoms with Crippen LogP contribution in [0.25, 0.3) is 5.69 Å². The van der Waals surface area contributed by atoms with Crippen LogP contribution < -0.4 is 10.1 Å². The summed E-state index contributed by atoms with van der Waals surface area (Å²) in [6.07, 6.45) is 10.9. The van der Waals surface area contributed by atoms with Crippen LogP contribution >= 0.6 is 0 Å². The minimum absolute atomic E-state index is 0.0775. The number of aromatic nitrogens is 2. The predicted octanol–water partition coefficient (Wildman–Crippen LogP) is 4.43. The minimum atomic E-state index is 0.0775. The lowest BCUT2D eigenvalue weighted by molar-refractivity contribution is 0.183. The summed E-state index contributed by atoms with van der Waals surface area (Å²) in [5.74, 6) is 0.807. The number of carbonyl (C=O) groups excluding carboxylic acids is 1. The van der Waals surface area contributed by atoms with Crippen molar-refractivity contribution in [2.24, 2.45) is 0 Å².